The fourth-order valence-corrected chi connectivity index (χ4v) is 3.42. The molecule has 4 nitrogen and oxygen atoms in total. The van der Waals surface area contributed by atoms with Crippen LogP contribution in [-0.4, -0.2) is 19.3 Å². The summed E-state index contributed by atoms with van der Waals surface area (Å²) >= 11 is 0. The van der Waals surface area contributed by atoms with Gasteiger partial charge in [-0.05, 0) is 17.7 Å². The Bertz CT molecular complexity index is 1010. The van der Waals surface area contributed by atoms with Gasteiger partial charge in [0, 0.05) is 5.56 Å². The van der Waals surface area contributed by atoms with Crippen LogP contribution < -0.4 is 0 Å². The van der Waals surface area contributed by atoms with Gasteiger partial charge < -0.3 is 4.52 Å². The lowest BCUT2D eigenvalue weighted by molar-refractivity contribution is -0.154. The second kappa shape index (κ2) is 6.60. The topological polar surface area (TPSA) is 60.2 Å². The Hall–Kier alpha value is -2.61. The fraction of sp³-hybridized carbons (Fsp3) is 0.167. The lowest BCUT2D eigenvalue weighted by atomic mass is 9.99. The van der Waals surface area contributed by atoms with Crippen molar-refractivity contribution in [2.24, 2.45) is 0 Å². The molecule has 0 aliphatic rings. The van der Waals surface area contributed by atoms with Gasteiger partial charge in [-0.25, -0.2) is 8.42 Å². The number of aromatic nitrogens is 1. The summed E-state index contributed by atoms with van der Waals surface area (Å²) in [4.78, 5) is 0.101. The smallest absolute Gasteiger partial charge is 0.350 e. The molecule has 8 heteroatoms. The van der Waals surface area contributed by atoms with Gasteiger partial charge in [0.2, 0.25) is 5.76 Å². The van der Waals surface area contributed by atoms with Crippen LogP contribution in [0, 0.1) is 0 Å². The van der Waals surface area contributed by atoms with Crippen molar-refractivity contribution in [3.63, 3.8) is 0 Å². The van der Waals surface area contributed by atoms with Gasteiger partial charge in [0.05, 0.1) is 16.2 Å². The van der Waals surface area contributed by atoms with Gasteiger partial charge in [-0.2, -0.15) is 13.2 Å². The van der Waals surface area contributed by atoms with Gasteiger partial charge in [0.1, 0.15) is 5.69 Å². The van der Waals surface area contributed by atoms with E-state index in [0.717, 1.165) is 0 Å². The first kappa shape index (κ1) is 18.2. The zero-order chi connectivity index (χ0) is 18.9. The van der Waals surface area contributed by atoms with Gasteiger partial charge in [0.15, 0.2) is 9.84 Å². The quantitative estimate of drug-likeness (QED) is 0.650. The number of benzene rings is 2. The monoisotopic (exact) mass is 381 g/mol. The maximum Gasteiger partial charge on any atom is 0.453 e. The van der Waals surface area contributed by atoms with Gasteiger partial charge in [-0.1, -0.05) is 54.5 Å². The van der Waals surface area contributed by atoms with Crippen LogP contribution in [0.5, 0.6) is 0 Å². The van der Waals surface area contributed by atoms with E-state index in [4.69, 9.17) is 0 Å². The molecule has 0 radical (unpaired) electrons. The molecule has 0 amide bonds. The number of hydrogen-bond donors (Lipinski definition) is 0. The minimum absolute atomic E-state index is 0.00368. The largest absolute Gasteiger partial charge is 0.453 e. The van der Waals surface area contributed by atoms with Crippen LogP contribution in [0.1, 0.15) is 12.7 Å². The molecule has 1 aromatic heterocycles. The lowest BCUT2D eigenvalue weighted by Crippen LogP contribution is -2.05. The lowest BCUT2D eigenvalue weighted by Gasteiger charge is -2.08. The van der Waals surface area contributed by atoms with E-state index in [1.54, 1.807) is 18.2 Å². The molecule has 2 aromatic carbocycles. The third-order valence-electron chi connectivity index (χ3n) is 3.88. The Morgan fingerprint density at radius 3 is 2.12 bits per heavy atom. The van der Waals surface area contributed by atoms with Gasteiger partial charge in [-0.3, -0.25) is 0 Å². The number of halogens is 3. The molecule has 0 unspecified atom stereocenters. The van der Waals surface area contributed by atoms with E-state index in [-0.39, 0.29) is 21.9 Å². The van der Waals surface area contributed by atoms with Crippen LogP contribution in [0.25, 0.3) is 22.4 Å². The molecular formula is C18H14F3NO3S. The highest BCUT2D eigenvalue weighted by Gasteiger charge is 2.41. The van der Waals surface area contributed by atoms with Crippen molar-refractivity contribution in [2.75, 3.05) is 5.75 Å². The zero-order valence-corrected chi connectivity index (χ0v) is 14.4. The first-order valence-corrected chi connectivity index (χ1v) is 9.34. The summed E-state index contributed by atoms with van der Waals surface area (Å²) < 4.78 is 68.3. The van der Waals surface area contributed by atoms with E-state index in [1.807, 2.05) is 0 Å². The predicted octanol–water partition coefficient (Wildman–Crippen LogP) is 4.82. The molecule has 0 aliphatic carbocycles. The maximum atomic E-state index is 13.3. The normalized spacial score (nSPS) is 12.3. The van der Waals surface area contributed by atoms with Crippen molar-refractivity contribution in [3.05, 3.63) is 60.4 Å². The first-order chi connectivity index (χ1) is 12.2. The van der Waals surface area contributed by atoms with E-state index >= 15 is 0 Å². The Morgan fingerprint density at radius 1 is 0.962 bits per heavy atom. The first-order valence-electron chi connectivity index (χ1n) is 7.69. The minimum Gasteiger partial charge on any atom is -0.350 e. The number of alkyl halides is 3. The van der Waals surface area contributed by atoms with E-state index in [9.17, 15) is 21.6 Å². The highest BCUT2D eigenvalue weighted by Crippen LogP contribution is 2.42. The number of rotatable bonds is 4. The average molecular weight is 381 g/mol. The van der Waals surface area contributed by atoms with Crippen molar-refractivity contribution in [1.82, 2.24) is 5.16 Å². The van der Waals surface area contributed by atoms with Crippen molar-refractivity contribution in [2.45, 2.75) is 18.0 Å². The van der Waals surface area contributed by atoms with Crippen LogP contribution >= 0.6 is 0 Å². The fourth-order valence-electron chi connectivity index (χ4n) is 2.54. The van der Waals surface area contributed by atoms with Gasteiger partial charge >= 0.3 is 6.18 Å². The third-order valence-corrected chi connectivity index (χ3v) is 5.63. The van der Waals surface area contributed by atoms with Gasteiger partial charge in [-0.15, -0.1) is 0 Å². The minimum atomic E-state index is -4.71. The summed E-state index contributed by atoms with van der Waals surface area (Å²) in [5.41, 5.74) is 0.465. The summed E-state index contributed by atoms with van der Waals surface area (Å²) in [6, 6.07) is 13.5. The molecule has 0 N–H and O–H groups in total. The Morgan fingerprint density at radius 2 is 1.58 bits per heavy atom. The number of hydrogen-bond acceptors (Lipinski definition) is 4. The maximum absolute atomic E-state index is 13.3. The molecule has 26 heavy (non-hydrogen) atoms. The van der Waals surface area contributed by atoms with Crippen LogP contribution in [0.3, 0.4) is 0 Å². The van der Waals surface area contributed by atoms with E-state index in [1.165, 1.54) is 43.3 Å². The Balaban J connectivity index is 2.16. The van der Waals surface area contributed by atoms with E-state index < -0.39 is 21.8 Å². The molecule has 3 rings (SSSR count). The molecule has 1 heterocycles. The Kier molecular flexibility index (Phi) is 4.62. The summed E-state index contributed by atoms with van der Waals surface area (Å²) in [5.74, 6) is -1.26. The average Bonchev–Trinajstić information content (AvgIpc) is 3.08. The number of nitrogens with zero attached hydrogens (tertiary/aromatic N) is 1. The molecule has 3 aromatic rings. The molecule has 136 valence electrons. The second-order valence-corrected chi connectivity index (χ2v) is 7.81. The SMILES string of the molecule is CCS(=O)(=O)c1ccc(-c2noc(C(F)(F)F)c2-c2ccccc2)cc1. The summed E-state index contributed by atoms with van der Waals surface area (Å²) in [7, 11) is -3.40. The molecule has 0 saturated carbocycles. The Labute approximate surface area is 148 Å². The molecule has 0 atom stereocenters. The van der Waals surface area contributed by atoms with E-state index in [0.29, 0.717) is 11.1 Å². The zero-order valence-electron chi connectivity index (χ0n) is 13.6. The van der Waals surface area contributed by atoms with E-state index in [2.05, 4.69) is 9.68 Å². The summed E-state index contributed by atoms with van der Waals surface area (Å²) in [6.45, 7) is 1.52. The summed E-state index contributed by atoms with van der Waals surface area (Å²) in [5, 5.41) is 3.60. The third kappa shape index (κ3) is 3.37. The van der Waals surface area contributed by atoms with Crippen molar-refractivity contribution in [1.29, 1.82) is 0 Å². The molecule has 0 spiro atoms. The summed E-state index contributed by atoms with van der Waals surface area (Å²) in [6.07, 6.45) is -4.71. The van der Waals surface area contributed by atoms with Crippen molar-refractivity contribution >= 4 is 9.84 Å². The van der Waals surface area contributed by atoms with Gasteiger partial charge in [0.25, 0.3) is 0 Å². The molecule has 0 fully saturated rings. The highest BCUT2D eigenvalue weighted by molar-refractivity contribution is 7.91. The second-order valence-electron chi connectivity index (χ2n) is 5.53. The predicted molar refractivity (Wildman–Crippen MR) is 90.1 cm³/mol. The van der Waals surface area contributed by atoms with Crippen LogP contribution in [0.15, 0.2) is 64.0 Å². The molecule has 0 bridgehead atoms. The van der Waals surface area contributed by atoms with Crippen LogP contribution in [0.4, 0.5) is 13.2 Å². The molecule has 0 saturated heterocycles. The van der Waals surface area contributed by atoms with Crippen molar-refractivity contribution in [3.8, 4) is 22.4 Å². The number of sulfone groups is 1. The van der Waals surface area contributed by atoms with Crippen LogP contribution in [-0.2, 0) is 16.0 Å². The standard InChI is InChI=1S/C18H14F3NO3S/c1-2-26(23,24)14-10-8-13(9-11-14)16-15(12-6-4-3-5-7-12)17(25-22-16)18(19,20)21/h3-11H,2H2,1H3. The molecule has 0 aliphatic heterocycles. The molecular weight excluding hydrogens is 367 g/mol. The van der Waals surface area contributed by atoms with Crippen LogP contribution in [0.2, 0.25) is 0 Å². The highest BCUT2D eigenvalue weighted by atomic mass is 32.2. The van der Waals surface area contributed by atoms with Crippen molar-refractivity contribution < 1.29 is 26.1 Å².